The highest BCUT2D eigenvalue weighted by Gasteiger charge is 2.05. The lowest BCUT2D eigenvalue weighted by Crippen LogP contribution is -2.20. The van der Waals surface area contributed by atoms with Crippen LogP contribution in [0.4, 0.5) is 11.6 Å². The molecule has 0 radical (unpaired) electrons. The van der Waals surface area contributed by atoms with Gasteiger partial charge in [-0.3, -0.25) is 4.99 Å². The second-order valence-corrected chi connectivity index (χ2v) is 4.44. The zero-order valence-electron chi connectivity index (χ0n) is 11.8. The zero-order chi connectivity index (χ0) is 13.7. The van der Waals surface area contributed by atoms with Crippen LogP contribution in [-0.4, -0.2) is 19.3 Å². The molecule has 1 heterocycles. The minimum absolute atomic E-state index is 0.780. The molecule has 0 amide bonds. The molecular weight excluding hydrogens is 236 g/mol. The first-order chi connectivity index (χ1) is 9.22. The van der Waals surface area contributed by atoms with E-state index in [4.69, 9.17) is 4.42 Å². The highest BCUT2D eigenvalue weighted by atomic mass is 16.4. The Labute approximate surface area is 114 Å². The van der Waals surface area contributed by atoms with Crippen molar-refractivity contribution in [2.75, 3.05) is 18.0 Å². The zero-order valence-corrected chi connectivity index (χ0v) is 11.8. The Kier molecular flexibility index (Phi) is 4.39. The van der Waals surface area contributed by atoms with E-state index in [1.54, 1.807) is 6.21 Å². The molecule has 3 heteroatoms. The van der Waals surface area contributed by atoms with Crippen LogP contribution in [0.1, 0.15) is 25.2 Å². The fourth-order valence-corrected chi connectivity index (χ4v) is 1.89. The molecule has 0 spiro atoms. The Morgan fingerprint density at radius 1 is 1.05 bits per heavy atom. The van der Waals surface area contributed by atoms with Crippen molar-refractivity contribution in [3.8, 4) is 0 Å². The second-order valence-electron chi connectivity index (χ2n) is 4.44. The molecule has 0 unspecified atom stereocenters. The standard InChI is InChI=1S/C16H20N2O/c1-4-18(5-2)16-11-10-15(19-16)12-17-14-8-6-13(3)7-9-14/h6-12H,4-5H2,1-3H3. The first-order valence-electron chi connectivity index (χ1n) is 6.68. The Morgan fingerprint density at radius 3 is 2.37 bits per heavy atom. The van der Waals surface area contributed by atoms with Crippen molar-refractivity contribution in [1.29, 1.82) is 0 Å². The second kappa shape index (κ2) is 6.23. The summed E-state index contributed by atoms with van der Waals surface area (Å²) in [5.74, 6) is 1.68. The van der Waals surface area contributed by atoms with Crippen LogP contribution in [0.2, 0.25) is 0 Å². The van der Waals surface area contributed by atoms with Gasteiger partial charge in [0, 0.05) is 19.2 Å². The summed E-state index contributed by atoms with van der Waals surface area (Å²) in [6.07, 6.45) is 1.76. The molecule has 3 nitrogen and oxygen atoms in total. The van der Waals surface area contributed by atoms with Crippen LogP contribution in [0.15, 0.2) is 45.8 Å². The topological polar surface area (TPSA) is 28.7 Å². The lowest BCUT2D eigenvalue weighted by molar-refractivity contribution is 0.544. The molecule has 2 rings (SSSR count). The maximum Gasteiger partial charge on any atom is 0.196 e. The first kappa shape index (κ1) is 13.4. The summed E-state index contributed by atoms with van der Waals surface area (Å²) in [6, 6.07) is 12.0. The molecule has 0 aliphatic rings. The fourth-order valence-electron chi connectivity index (χ4n) is 1.89. The summed E-state index contributed by atoms with van der Waals surface area (Å²) in [5, 5.41) is 0. The lowest BCUT2D eigenvalue weighted by Gasteiger charge is -2.16. The van der Waals surface area contributed by atoms with E-state index in [-0.39, 0.29) is 0 Å². The van der Waals surface area contributed by atoms with E-state index >= 15 is 0 Å². The van der Waals surface area contributed by atoms with Crippen molar-refractivity contribution in [2.45, 2.75) is 20.8 Å². The molecular formula is C16H20N2O. The van der Waals surface area contributed by atoms with Crippen molar-refractivity contribution < 1.29 is 4.42 Å². The van der Waals surface area contributed by atoms with Gasteiger partial charge < -0.3 is 9.32 Å². The predicted octanol–water partition coefficient (Wildman–Crippen LogP) is 4.18. The van der Waals surface area contributed by atoms with Gasteiger partial charge in [0.25, 0.3) is 0 Å². The SMILES string of the molecule is CCN(CC)c1ccc(C=Nc2ccc(C)cc2)o1. The molecule has 0 saturated heterocycles. The van der Waals surface area contributed by atoms with Crippen molar-refractivity contribution in [1.82, 2.24) is 0 Å². The van der Waals surface area contributed by atoms with Gasteiger partial charge in [-0.05, 0) is 39.0 Å². The fraction of sp³-hybridized carbons (Fsp3) is 0.312. The Hall–Kier alpha value is -2.03. The molecule has 100 valence electrons. The third kappa shape index (κ3) is 3.47. The molecule has 0 aliphatic heterocycles. The van der Waals surface area contributed by atoms with Crippen molar-refractivity contribution in [2.24, 2.45) is 4.99 Å². The molecule has 0 atom stereocenters. The third-order valence-corrected chi connectivity index (χ3v) is 3.06. The quantitative estimate of drug-likeness (QED) is 0.751. The summed E-state index contributed by atoms with van der Waals surface area (Å²) in [7, 11) is 0. The molecule has 0 fully saturated rings. The summed E-state index contributed by atoms with van der Waals surface area (Å²) in [5.41, 5.74) is 2.17. The van der Waals surface area contributed by atoms with Gasteiger partial charge in [0.15, 0.2) is 5.88 Å². The van der Waals surface area contributed by atoms with Gasteiger partial charge in [0.05, 0.1) is 11.9 Å². The van der Waals surface area contributed by atoms with Crippen LogP contribution in [0.25, 0.3) is 0 Å². The molecule has 0 aliphatic carbocycles. The van der Waals surface area contributed by atoms with Gasteiger partial charge in [-0.15, -0.1) is 0 Å². The largest absolute Gasteiger partial charge is 0.440 e. The van der Waals surface area contributed by atoms with E-state index in [1.165, 1.54) is 5.56 Å². The van der Waals surface area contributed by atoms with Gasteiger partial charge >= 0.3 is 0 Å². The lowest BCUT2D eigenvalue weighted by atomic mass is 10.2. The van der Waals surface area contributed by atoms with Crippen molar-refractivity contribution in [3.05, 3.63) is 47.7 Å². The van der Waals surface area contributed by atoms with Gasteiger partial charge in [-0.2, -0.15) is 0 Å². The van der Waals surface area contributed by atoms with E-state index in [2.05, 4.69) is 42.8 Å². The monoisotopic (exact) mass is 256 g/mol. The molecule has 0 bridgehead atoms. The van der Waals surface area contributed by atoms with Gasteiger partial charge in [-0.1, -0.05) is 17.7 Å². The smallest absolute Gasteiger partial charge is 0.196 e. The third-order valence-electron chi connectivity index (χ3n) is 3.06. The van der Waals surface area contributed by atoms with Crippen molar-refractivity contribution >= 4 is 17.8 Å². The normalized spacial score (nSPS) is 11.1. The number of aryl methyl sites for hydroxylation is 1. The minimum Gasteiger partial charge on any atom is -0.440 e. The van der Waals surface area contributed by atoms with Crippen LogP contribution in [-0.2, 0) is 0 Å². The van der Waals surface area contributed by atoms with E-state index in [0.717, 1.165) is 30.4 Å². The summed E-state index contributed by atoms with van der Waals surface area (Å²) in [4.78, 5) is 6.57. The maximum atomic E-state index is 5.75. The van der Waals surface area contributed by atoms with Gasteiger partial charge in [-0.25, -0.2) is 0 Å². The summed E-state index contributed by atoms with van der Waals surface area (Å²) < 4.78 is 5.75. The molecule has 1 aromatic heterocycles. The average molecular weight is 256 g/mol. The van der Waals surface area contributed by atoms with Gasteiger partial charge in [0.1, 0.15) is 5.76 Å². The van der Waals surface area contributed by atoms with E-state index in [1.807, 2.05) is 24.3 Å². The summed E-state index contributed by atoms with van der Waals surface area (Å²) in [6.45, 7) is 8.19. The molecule has 19 heavy (non-hydrogen) atoms. The first-order valence-corrected chi connectivity index (χ1v) is 6.68. The highest BCUT2D eigenvalue weighted by molar-refractivity contribution is 5.79. The van der Waals surface area contributed by atoms with E-state index in [9.17, 15) is 0 Å². The van der Waals surface area contributed by atoms with Crippen LogP contribution in [0.3, 0.4) is 0 Å². The number of rotatable bonds is 5. The van der Waals surface area contributed by atoms with Crippen LogP contribution >= 0.6 is 0 Å². The number of benzene rings is 1. The van der Waals surface area contributed by atoms with Crippen LogP contribution in [0, 0.1) is 6.92 Å². The van der Waals surface area contributed by atoms with Gasteiger partial charge in [0.2, 0.25) is 0 Å². The minimum atomic E-state index is 0.780. The average Bonchev–Trinajstić information content (AvgIpc) is 2.88. The Balaban J connectivity index is 2.09. The summed E-state index contributed by atoms with van der Waals surface area (Å²) >= 11 is 0. The number of hydrogen-bond acceptors (Lipinski definition) is 3. The number of nitrogens with zero attached hydrogens (tertiary/aromatic N) is 2. The van der Waals surface area contributed by atoms with E-state index in [0.29, 0.717) is 0 Å². The van der Waals surface area contributed by atoms with Crippen LogP contribution < -0.4 is 4.90 Å². The van der Waals surface area contributed by atoms with Crippen molar-refractivity contribution in [3.63, 3.8) is 0 Å². The molecule has 0 N–H and O–H groups in total. The number of anilines is 1. The van der Waals surface area contributed by atoms with Crippen LogP contribution in [0.5, 0.6) is 0 Å². The predicted molar refractivity (Wildman–Crippen MR) is 80.7 cm³/mol. The molecule has 1 aromatic carbocycles. The molecule has 0 saturated carbocycles. The maximum absolute atomic E-state index is 5.75. The molecule has 2 aromatic rings. The number of hydrogen-bond donors (Lipinski definition) is 0. The number of aliphatic imine (C=N–C) groups is 1. The highest BCUT2D eigenvalue weighted by Crippen LogP contribution is 2.18. The van der Waals surface area contributed by atoms with E-state index < -0.39 is 0 Å². The number of furan rings is 1. The Bertz CT molecular complexity index is 536. The Morgan fingerprint density at radius 2 is 1.74 bits per heavy atom.